The van der Waals surface area contributed by atoms with E-state index in [2.05, 4.69) is 27.5 Å². The number of hydrogen-bond donors (Lipinski definition) is 4. The normalized spacial score (nSPS) is 12.3. The zero-order valence-electron chi connectivity index (χ0n) is 11.2. The highest BCUT2D eigenvalue weighted by atomic mass is 16.3. The first-order valence-electron chi connectivity index (χ1n) is 6.20. The number of aliphatic hydroxyl groups is 2. The monoisotopic (exact) mass is 254 g/mol. The Balaban J connectivity index is 2.90. The van der Waals surface area contributed by atoms with Gasteiger partial charge in [0.1, 0.15) is 17.5 Å². The number of hydrogen-bond acceptors (Lipinski definition) is 6. The van der Waals surface area contributed by atoms with Gasteiger partial charge in [-0.15, -0.1) is 0 Å². The van der Waals surface area contributed by atoms with E-state index < -0.39 is 6.10 Å². The van der Waals surface area contributed by atoms with Gasteiger partial charge in [0.05, 0.1) is 12.7 Å². The highest BCUT2D eigenvalue weighted by Gasteiger charge is 2.10. The predicted molar refractivity (Wildman–Crippen MR) is 71.9 cm³/mol. The van der Waals surface area contributed by atoms with Crippen LogP contribution < -0.4 is 10.6 Å². The van der Waals surface area contributed by atoms with E-state index >= 15 is 0 Å². The fourth-order valence-electron chi connectivity index (χ4n) is 1.59. The minimum atomic E-state index is -0.785. The summed E-state index contributed by atoms with van der Waals surface area (Å²) in [6.45, 7) is 3.99. The molecule has 4 N–H and O–H groups in total. The van der Waals surface area contributed by atoms with Gasteiger partial charge in [-0.25, -0.2) is 9.97 Å². The van der Waals surface area contributed by atoms with Gasteiger partial charge >= 0.3 is 0 Å². The van der Waals surface area contributed by atoms with Crippen LogP contribution >= 0.6 is 0 Å². The molecule has 102 valence electrons. The molecule has 0 aromatic carbocycles. The second-order valence-electron chi connectivity index (χ2n) is 4.18. The Morgan fingerprint density at radius 2 is 1.94 bits per heavy atom. The summed E-state index contributed by atoms with van der Waals surface area (Å²) in [5, 5.41) is 24.2. The van der Waals surface area contributed by atoms with E-state index in [9.17, 15) is 5.11 Å². The lowest BCUT2D eigenvalue weighted by Crippen LogP contribution is -2.24. The molecule has 1 aromatic rings. The molecule has 0 aliphatic heterocycles. The lowest BCUT2D eigenvalue weighted by atomic mass is 10.2. The fourth-order valence-corrected chi connectivity index (χ4v) is 1.59. The SMILES string of the molecule is CCCc1nc(NC)c(C)c(NCC(O)CO)n1. The van der Waals surface area contributed by atoms with Crippen molar-refractivity contribution in [3.63, 3.8) is 0 Å². The van der Waals surface area contributed by atoms with Crippen molar-refractivity contribution in [2.45, 2.75) is 32.8 Å². The number of anilines is 2. The summed E-state index contributed by atoms with van der Waals surface area (Å²) < 4.78 is 0. The van der Waals surface area contributed by atoms with E-state index in [0.717, 1.165) is 30.0 Å². The summed E-state index contributed by atoms with van der Waals surface area (Å²) in [5.74, 6) is 2.26. The quantitative estimate of drug-likeness (QED) is 0.568. The molecule has 1 heterocycles. The van der Waals surface area contributed by atoms with Crippen LogP contribution in [0.4, 0.5) is 11.6 Å². The Morgan fingerprint density at radius 3 is 2.50 bits per heavy atom. The maximum absolute atomic E-state index is 9.34. The third kappa shape index (κ3) is 3.82. The number of aromatic nitrogens is 2. The van der Waals surface area contributed by atoms with Gasteiger partial charge < -0.3 is 20.8 Å². The molecule has 6 heteroatoms. The number of nitrogens with one attached hydrogen (secondary N) is 2. The minimum absolute atomic E-state index is 0.266. The van der Waals surface area contributed by atoms with Gasteiger partial charge in [-0.1, -0.05) is 6.92 Å². The van der Waals surface area contributed by atoms with Crippen LogP contribution in [0, 0.1) is 6.92 Å². The van der Waals surface area contributed by atoms with Gasteiger partial charge in [0.2, 0.25) is 0 Å². The summed E-state index contributed by atoms with van der Waals surface area (Å²) in [6, 6.07) is 0. The van der Waals surface area contributed by atoms with E-state index in [1.807, 2.05) is 14.0 Å². The average Bonchev–Trinajstić information content (AvgIpc) is 2.38. The van der Waals surface area contributed by atoms with E-state index in [0.29, 0.717) is 5.82 Å². The number of aliphatic hydroxyl groups excluding tert-OH is 2. The highest BCUT2D eigenvalue weighted by molar-refractivity contribution is 5.57. The van der Waals surface area contributed by atoms with Crippen molar-refractivity contribution in [2.24, 2.45) is 0 Å². The third-order valence-corrected chi connectivity index (χ3v) is 2.62. The molecule has 1 rings (SSSR count). The largest absolute Gasteiger partial charge is 0.394 e. The molecule has 0 radical (unpaired) electrons. The van der Waals surface area contributed by atoms with Crippen LogP contribution in [0.3, 0.4) is 0 Å². The third-order valence-electron chi connectivity index (χ3n) is 2.62. The molecule has 0 fully saturated rings. The van der Waals surface area contributed by atoms with Crippen LogP contribution in [-0.2, 0) is 6.42 Å². The van der Waals surface area contributed by atoms with Crippen LogP contribution in [0.15, 0.2) is 0 Å². The first-order chi connectivity index (χ1) is 8.62. The smallest absolute Gasteiger partial charge is 0.134 e. The summed E-state index contributed by atoms with van der Waals surface area (Å²) in [7, 11) is 1.82. The van der Waals surface area contributed by atoms with Gasteiger partial charge in [0.25, 0.3) is 0 Å². The molecule has 0 bridgehead atoms. The molecule has 0 spiro atoms. The molecule has 0 aliphatic rings. The Hall–Kier alpha value is -1.40. The molecule has 1 unspecified atom stereocenters. The van der Waals surface area contributed by atoms with Gasteiger partial charge in [-0.3, -0.25) is 0 Å². The van der Waals surface area contributed by atoms with Crippen LogP contribution in [0.1, 0.15) is 24.7 Å². The summed E-state index contributed by atoms with van der Waals surface area (Å²) in [4.78, 5) is 8.84. The molecule has 0 amide bonds. The van der Waals surface area contributed by atoms with E-state index in [1.54, 1.807) is 0 Å². The molecule has 6 nitrogen and oxygen atoms in total. The standard InChI is InChI=1S/C12H22N4O2/c1-4-5-10-15-11(13-3)8(2)12(16-10)14-6-9(18)7-17/h9,17-18H,4-7H2,1-3H3,(H2,13,14,15,16). The molecule has 0 saturated carbocycles. The fraction of sp³-hybridized carbons (Fsp3) is 0.667. The van der Waals surface area contributed by atoms with Crippen molar-refractivity contribution >= 4 is 11.6 Å². The van der Waals surface area contributed by atoms with Crippen LogP contribution in [0.5, 0.6) is 0 Å². The molecule has 0 saturated heterocycles. The highest BCUT2D eigenvalue weighted by Crippen LogP contribution is 2.20. The van der Waals surface area contributed by atoms with Crippen molar-refractivity contribution in [1.29, 1.82) is 0 Å². The maximum Gasteiger partial charge on any atom is 0.134 e. The Kier molecular flexibility index (Phi) is 5.80. The molecular formula is C12H22N4O2. The van der Waals surface area contributed by atoms with E-state index in [1.165, 1.54) is 0 Å². The lowest BCUT2D eigenvalue weighted by Gasteiger charge is -2.15. The minimum Gasteiger partial charge on any atom is -0.394 e. The first kappa shape index (κ1) is 14.7. The molecule has 0 aliphatic carbocycles. The second-order valence-corrected chi connectivity index (χ2v) is 4.18. The predicted octanol–water partition coefficient (Wildman–Crippen LogP) is 0.544. The molecular weight excluding hydrogens is 232 g/mol. The molecule has 1 aromatic heterocycles. The van der Waals surface area contributed by atoms with Crippen LogP contribution in [-0.4, -0.2) is 46.5 Å². The zero-order chi connectivity index (χ0) is 13.5. The van der Waals surface area contributed by atoms with Gasteiger partial charge in [0.15, 0.2) is 0 Å². The lowest BCUT2D eigenvalue weighted by molar-refractivity contribution is 0.105. The summed E-state index contributed by atoms with van der Waals surface area (Å²) in [6.07, 6.45) is 1.00. The van der Waals surface area contributed by atoms with Crippen molar-refractivity contribution in [2.75, 3.05) is 30.8 Å². The average molecular weight is 254 g/mol. The Labute approximate surface area is 107 Å². The Morgan fingerprint density at radius 1 is 1.28 bits per heavy atom. The van der Waals surface area contributed by atoms with Crippen molar-refractivity contribution in [3.8, 4) is 0 Å². The molecule has 1 atom stereocenters. The van der Waals surface area contributed by atoms with Gasteiger partial charge in [0, 0.05) is 25.6 Å². The zero-order valence-corrected chi connectivity index (χ0v) is 11.2. The number of aryl methyl sites for hydroxylation is 1. The first-order valence-corrected chi connectivity index (χ1v) is 6.20. The number of nitrogens with zero attached hydrogens (tertiary/aromatic N) is 2. The van der Waals surface area contributed by atoms with Crippen molar-refractivity contribution in [3.05, 3.63) is 11.4 Å². The topological polar surface area (TPSA) is 90.3 Å². The summed E-state index contributed by atoms with van der Waals surface area (Å²) >= 11 is 0. The summed E-state index contributed by atoms with van der Waals surface area (Å²) in [5.41, 5.74) is 0.905. The number of rotatable bonds is 7. The van der Waals surface area contributed by atoms with Crippen molar-refractivity contribution in [1.82, 2.24) is 9.97 Å². The van der Waals surface area contributed by atoms with Gasteiger partial charge in [-0.05, 0) is 13.3 Å². The maximum atomic E-state index is 9.34. The van der Waals surface area contributed by atoms with E-state index in [4.69, 9.17) is 5.11 Å². The van der Waals surface area contributed by atoms with Crippen LogP contribution in [0.2, 0.25) is 0 Å². The second kappa shape index (κ2) is 7.13. The van der Waals surface area contributed by atoms with Crippen molar-refractivity contribution < 1.29 is 10.2 Å². The van der Waals surface area contributed by atoms with E-state index in [-0.39, 0.29) is 13.2 Å². The molecule has 18 heavy (non-hydrogen) atoms. The van der Waals surface area contributed by atoms with Gasteiger partial charge in [-0.2, -0.15) is 0 Å². The Bertz CT molecular complexity index is 385. The van der Waals surface area contributed by atoms with Crippen LogP contribution in [0.25, 0.3) is 0 Å².